The molecule has 1 unspecified atom stereocenters. The van der Waals surface area contributed by atoms with Crippen molar-refractivity contribution in [1.29, 1.82) is 0 Å². The van der Waals surface area contributed by atoms with E-state index in [9.17, 15) is 8.78 Å². The molecule has 1 heterocycles. The van der Waals surface area contributed by atoms with Crippen LogP contribution in [0.25, 0.3) is 0 Å². The second-order valence-electron chi connectivity index (χ2n) is 3.95. The van der Waals surface area contributed by atoms with E-state index in [-0.39, 0.29) is 23.6 Å². The molecule has 2 rings (SSSR count). The van der Waals surface area contributed by atoms with E-state index in [2.05, 4.69) is 20.7 Å². The van der Waals surface area contributed by atoms with Crippen LogP contribution < -0.4 is 16.6 Å². The number of nitrogen functional groups attached to an aromatic ring is 1. The van der Waals surface area contributed by atoms with Gasteiger partial charge in [0.15, 0.2) is 11.6 Å². The lowest BCUT2D eigenvalue weighted by Crippen LogP contribution is -2.14. The first-order valence-electron chi connectivity index (χ1n) is 5.61. The molecule has 0 aliphatic carbocycles. The second-order valence-corrected chi connectivity index (χ2v) is 3.95. The average molecular weight is 265 g/mol. The standard InChI is InChI=1S/C12H13F2N5/c1-7(8-2-4-9(13)5-3-8)17-11-10(14)6-16-12(18-11)19-15/h2-7H,15H2,1H3,(H2,16,17,18,19). The highest BCUT2D eigenvalue weighted by Crippen LogP contribution is 2.20. The van der Waals surface area contributed by atoms with Crippen molar-refractivity contribution in [3.63, 3.8) is 0 Å². The molecule has 0 aliphatic rings. The van der Waals surface area contributed by atoms with E-state index in [0.717, 1.165) is 11.8 Å². The normalized spacial score (nSPS) is 12.0. The monoisotopic (exact) mass is 265 g/mol. The summed E-state index contributed by atoms with van der Waals surface area (Å²) in [5.41, 5.74) is 3.04. The Morgan fingerprint density at radius 3 is 2.53 bits per heavy atom. The molecule has 1 aromatic carbocycles. The van der Waals surface area contributed by atoms with E-state index in [1.807, 2.05) is 6.92 Å². The molecule has 0 amide bonds. The third-order valence-electron chi connectivity index (χ3n) is 2.60. The van der Waals surface area contributed by atoms with Gasteiger partial charge in [-0.2, -0.15) is 4.98 Å². The zero-order valence-electron chi connectivity index (χ0n) is 10.2. The highest BCUT2D eigenvalue weighted by Gasteiger charge is 2.11. The molecule has 1 aromatic heterocycles. The van der Waals surface area contributed by atoms with Crippen LogP contribution in [0.4, 0.5) is 20.5 Å². The smallest absolute Gasteiger partial charge is 0.239 e. The summed E-state index contributed by atoms with van der Waals surface area (Å²) in [5, 5.41) is 2.88. The lowest BCUT2D eigenvalue weighted by Gasteiger charge is -2.15. The van der Waals surface area contributed by atoms with Gasteiger partial charge in [-0.05, 0) is 24.6 Å². The molecule has 4 N–H and O–H groups in total. The molecule has 0 bridgehead atoms. The van der Waals surface area contributed by atoms with Gasteiger partial charge in [0.05, 0.1) is 12.2 Å². The van der Waals surface area contributed by atoms with E-state index >= 15 is 0 Å². The number of hydrogen-bond donors (Lipinski definition) is 3. The molecule has 5 nitrogen and oxygen atoms in total. The summed E-state index contributed by atoms with van der Waals surface area (Å²) < 4.78 is 26.3. The predicted octanol–water partition coefficient (Wildman–Crippen LogP) is 2.21. The quantitative estimate of drug-likeness (QED) is 0.583. The van der Waals surface area contributed by atoms with E-state index in [1.54, 1.807) is 12.1 Å². The van der Waals surface area contributed by atoms with Crippen molar-refractivity contribution in [1.82, 2.24) is 9.97 Å². The van der Waals surface area contributed by atoms with Crippen LogP contribution in [0.2, 0.25) is 0 Å². The minimum atomic E-state index is -0.590. The maximum atomic E-state index is 13.5. The number of nitrogens with two attached hydrogens (primary N) is 1. The van der Waals surface area contributed by atoms with Crippen molar-refractivity contribution < 1.29 is 8.78 Å². The summed E-state index contributed by atoms with van der Waals surface area (Å²) in [6.45, 7) is 1.81. The minimum Gasteiger partial charge on any atom is -0.361 e. The summed E-state index contributed by atoms with van der Waals surface area (Å²) in [5.74, 6) is 4.38. The zero-order valence-corrected chi connectivity index (χ0v) is 10.2. The first kappa shape index (κ1) is 13.2. The number of benzene rings is 1. The molecule has 100 valence electrons. The van der Waals surface area contributed by atoms with Gasteiger partial charge in [-0.1, -0.05) is 12.1 Å². The molecule has 0 saturated heterocycles. The van der Waals surface area contributed by atoms with Crippen LogP contribution in [-0.4, -0.2) is 9.97 Å². The van der Waals surface area contributed by atoms with Crippen molar-refractivity contribution in [2.45, 2.75) is 13.0 Å². The van der Waals surface area contributed by atoms with Crippen LogP contribution in [0.15, 0.2) is 30.5 Å². The van der Waals surface area contributed by atoms with Crippen molar-refractivity contribution in [3.05, 3.63) is 47.7 Å². The highest BCUT2D eigenvalue weighted by atomic mass is 19.1. The number of halogens is 2. The maximum absolute atomic E-state index is 13.5. The van der Waals surface area contributed by atoms with Crippen molar-refractivity contribution in [2.75, 3.05) is 10.7 Å². The molecule has 19 heavy (non-hydrogen) atoms. The van der Waals surface area contributed by atoms with Gasteiger partial charge in [-0.3, -0.25) is 5.43 Å². The number of hydrazine groups is 1. The molecule has 0 saturated carbocycles. The Morgan fingerprint density at radius 1 is 1.21 bits per heavy atom. The van der Waals surface area contributed by atoms with Crippen molar-refractivity contribution in [3.8, 4) is 0 Å². The third kappa shape index (κ3) is 3.14. The van der Waals surface area contributed by atoms with Gasteiger partial charge in [0.25, 0.3) is 0 Å². The number of nitrogens with zero attached hydrogens (tertiary/aromatic N) is 2. The largest absolute Gasteiger partial charge is 0.361 e. The fourth-order valence-electron chi connectivity index (χ4n) is 1.58. The number of rotatable bonds is 4. The number of anilines is 2. The van der Waals surface area contributed by atoms with Gasteiger partial charge in [0, 0.05) is 0 Å². The number of hydrogen-bond acceptors (Lipinski definition) is 5. The average Bonchev–Trinajstić information content (AvgIpc) is 2.42. The Labute approximate surface area is 108 Å². The molecular weight excluding hydrogens is 252 g/mol. The summed E-state index contributed by atoms with van der Waals surface area (Å²) in [4.78, 5) is 7.50. The third-order valence-corrected chi connectivity index (χ3v) is 2.60. The van der Waals surface area contributed by atoms with Crippen molar-refractivity contribution in [2.24, 2.45) is 5.84 Å². The Bertz CT molecular complexity index is 559. The molecule has 0 radical (unpaired) electrons. The van der Waals surface area contributed by atoms with Crippen molar-refractivity contribution >= 4 is 11.8 Å². The first-order chi connectivity index (χ1) is 9.10. The van der Waals surface area contributed by atoms with Gasteiger partial charge in [0.1, 0.15) is 5.82 Å². The first-order valence-corrected chi connectivity index (χ1v) is 5.61. The number of nitrogens with one attached hydrogen (secondary N) is 2. The molecule has 2 aromatic rings. The Hall–Kier alpha value is -2.28. The predicted molar refractivity (Wildman–Crippen MR) is 68.2 cm³/mol. The van der Waals surface area contributed by atoms with Crippen LogP contribution in [0, 0.1) is 11.6 Å². The van der Waals surface area contributed by atoms with Gasteiger partial charge in [0.2, 0.25) is 5.95 Å². The topological polar surface area (TPSA) is 75.9 Å². The van der Waals surface area contributed by atoms with Crippen LogP contribution in [0.5, 0.6) is 0 Å². The van der Waals surface area contributed by atoms with Gasteiger partial charge in [-0.15, -0.1) is 0 Å². The molecule has 0 aliphatic heterocycles. The van der Waals surface area contributed by atoms with Gasteiger partial charge < -0.3 is 5.32 Å². The fraction of sp³-hybridized carbons (Fsp3) is 0.167. The van der Waals surface area contributed by atoms with Crippen LogP contribution >= 0.6 is 0 Å². The summed E-state index contributed by atoms with van der Waals surface area (Å²) in [7, 11) is 0. The lowest BCUT2D eigenvalue weighted by molar-refractivity contribution is 0.613. The second kappa shape index (κ2) is 5.57. The molecule has 1 atom stereocenters. The van der Waals surface area contributed by atoms with E-state index < -0.39 is 5.82 Å². The summed E-state index contributed by atoms with van der Waals surface area (Å²) >= 11 is 0. The maximum Gasteiger partial charge on any atom is 0.239 e. The van der Waals surface area contributed by atoms with E-state index in [4.69, 9.17) is 5.84 Å². The minimum absolute atomic E-state index is 0.0276. The summed E-state index contributed by atoms with van der Waals surface area (Å²) in [6, 6.07) is 5.69. The van der Waals surface area contributed by atoms with Gasteiger partial charge in [-0.25, -0.2) is 19.6 Å². The molecule has 0 fully saturated rings. The summed E-state index contributed by atoms with van der Waals surface area (Å²) in [6.07, 6.45) is 1.02. The zero-order chi connectivity index (χ0) is 13.8. The Balaban J connectivity index is 2.18. The lowest BCUT2D eigenvalue weighted by atomic mass is 10.1. The fourth-order valence-corrected chi connectivity index (χ4v) is 1.58. The van der Waals surface area contributed by atoms with Crippen LogP contribution in [-0.2, 0) is 0 Å². The number of aromatic nitrogens is 2. The van der Waals surface area contributed by atoms with E-state index in [1.165, 1.54) is 12.1 Å². The Kier molecular flexibility index (Phi) is 3.86. The molecule has 7 heteroatoms. The van der Waals surface area contributed by atoms with E-state index in [0.29, 0.717) is 0 Å². The highest BCUT2D eigenvalue weighted by molar-refractivity contribution is 5.42. The molecule has 0 spiro atoms. The van der Waals surface area contributed by atoms with Crippen LogP contribution in [0.3, 0.4) is 0 Å². The SMILES string of the molecule is CC(Nc1nc(NN)ncc1F)c1ccc(F)cc1. The molecular formula is C12H13F2N5. The van der Waals surface area contributed by atoms with Crippen LogP contribution in [0.1, 0.15) is 18.5 Å². The van der Waals surface area contributed by atoms with Gasteiger partial charge >= 0.3 is 0 Å². The Morgan fingerprint density at radius 2 is 1.89 bits per heavy atom.